The topological polar surface area (TPSA) is 99.3 Å². The molecule has 0 bridgehead atoms. The molecule has 1 aromatic heterocycles. The molecule has 1 unspecified atom stereocenters. The third-order valence-electron chi connectivity index (χ3n) is 2.55. The van der Waals surface area contributed by atoms with Crippen LogP contribution in [-0.4, -0.2) is 30.5 Å². The van der Waals surface area contributed by atoms with Gasteiger partial charge in [-0.3, -0.25) is 0 Å². The summed E-state index contributed by atoms with van der Waals surface area (Å²) >= 11 is 0. The van der Waals surface area contributed by atoms with Crippen LogP contribution in [0.25, 0.3) is 0 Å². The second-order valence-corrected chi connectivity index (χ2v) is 5.68. The normalized spacial score (nSPS) is 13.3. The Bertz CT molecular complexity index is 586. The SMILES string of the molecule is C=CC(C)NS(=O)(=O)c1c(C)[nH]c(C(=O)O)c1C. The molecule has 0 saturated carbocycles. The predicted octanol–water partition coefficient (Wildman–Crippen LogP) is 1.18. The van der Waals surface area contributed by atoms with Gasteiger partial charge in [0.05, 0.1) is 0 Å². The zero-order valence-corrected chi connectivity index (χ0v) is 11.3. The predicted molar refractivity (Wildman–Crippen MR) is 67.2 cm³/mol. The van der Waals surface area contributed by atoms with Crippen molar-refractivity contribution < 1.29 is 18.3 Å². The highest BCUT2D eigenvalue weighted by atomic mass is 32.2. The van der Waals surface area contributed by atoms with Gasteiger partial charge >= 0.3 is 5.97 Å². The van der Waals surface area contributed by atoms with Crippen molar-refractivity contribution in [2.45, 2.75) is 31.7 Å². The lowest BCUT2D eigenvalue weighted by Gasteiger charge is -2.10. The van der Waals surface area contributed by atoms with Gasteiger partial charge in [0.1, 0.15) is 10.6 Å². The minimum Gasteiger partial charge on any atom is -0.477 e. The van der Waals surface area contributed by atoms with Crippen LogP contribution in [0.3, 0.4) is 0 Å². The lowest BCUT2D eigenvalue weighted by molar-refractivity contribution is 0.0690. The molecule has 0 saturated heterocycles. The van der Waals surface area contributed by atoms with E-state index in [9.17, 15) is 13.2 Å². The number of aromatic amines is 1. The van der Waals surface area contributed by atoms with Crippen LogP contribution >= 0.6 is 0 Å². The van der Waals surface area contributed by atoms with Gasteiger partial charge in [-0.2, -0.15) is 0 Å². The molecule has 0 spiro atoms. The summed E-state index contributed by atoms with van der Waals surface area (Å²) in [6.07, 6.45) is 1.45. The van der Waals surface area contributed by atoms with E-state index < -0.39 is 22.0 Å². The first kappa shape index (κ1) is 14.5. The van der Waals surface area contributed by atoms with Crippen molar-refractivity contribution >= 4 is 16.0 Å². The average molecular weight is 272 g/mol. The number of rotatable bonds is 5. The van der Waals surface area contributed by atoms with Crippen LogP contribution in [-0.2, 0) is 10.0 Å². The molecule has 0 aliphatic heterocycles. The van der Waals surface area contributed by atoms with Crippen LogP contribution in [0.1, 0.15) is 28.7 Å². The second-order valence-electron chi connectivity index (χ2n) is 4.03. The fraction of sp³-hybridized carbons (Fsp3) is 0.364. The average Bonchev–Trinajstić information content (AvgIpc) is 2.53. The van der Waals surface area contributed by atoms with Gasteiger partial charge in [0, 0.05) is 17.3 Å². The summed E-state index contributed by atoms with van der Waals surface area (Å²) in [7, 11) is -3.76. The smallest absolute Gasteiger partial charge is 0.352 e. The van der Waals surface area contributed by atoms with Crippen LogP contribution < -0.4 is 4.72 Å². The highest BCUT2D eigenvalue weighted by Gasteiger charge is 2.26. The molecule has 1 atom stereocenters. The minimum absolute atomic E-state index is 0.0198. The number of aromatic nitrogens is 1. The van der Waals surface area contributed by atoms with E-state index in [0.29, 0.717) is 5.69 Å². The highest BCUT2D eigenvalue weighted by Crippen LogP contribution is 2.23. The molecule has 0 fully saturated rings. The third-order valence-corrected chi connectivity index (χ3v) is 4.38. The Kier molecular flexibility index (Phi) is 3.98. The van der Waals surface area contributed by atoms with Crippen molar-refractivity contribution in [2.24, 2.45) is 0 Å². The van der Waals surface area contributed by atoms with Gasteiger partial charge in [-0.15, -0.1) is 6.58 Å². The van der Waals surface area contributed by atoms with Crippen molar-refractivity contribution in [3.05, 3.63) is 29.6 Å². The monoisotopic (exact) mass is 272 g/mol. The zero-order chi connectivity index (χ0) is 14.1. The van der Waals surface area contributed by atoms with Crippen LogP contribution in [0.15, 0.2) is 17.6 Å². The van der Waals surface area contributed by atoms with E-state index >= 15 is 0 Å². The largest absolute Gasteiger partial charge is 0.477 e. The van der Waals surface area contributed by atoms with Gasteiger partial charge in [0.2, 0.25) is 10.0 Å². The maximum absolute atomic E-state index is 12.1. The number of carboxylic acids is 1. The number of hydrogen-bond donors (Lipinski definition) is 3. The number of aryl methyl sites for hydroxylation is 1. The van der Waals surface area contributed by atoms with E-state index in [4.69, 9.17) is 5.11 Å². The van der Waals surface area contributed by atoms with Gasteiger partial charge in [-0.1, -0.05) is 6.08 Å². The number of aromatic carboxylic acids is 1. The molecule has 1 heterocycles. The van der Waals surface area contributed by atoms with Crippen LogP contribution in [0.2, 0.25) is 0 Å². The summed E-state index contributed by atoms with van der Waals surface area (Å²) in [5, 5.41) is 8.93. The number of H-pyrrole nitrogens is 1. The summed E-state index contributed by atoms with van der Waals surface area (Å²) in [5.74, 6) is -1.19. The molecular formula is C11H16N2O4S. The highest BCUT2D eigenvalue weighted by molar-refractivity contribution is 7.89. The number of carbonyl (C=O) groups is 1. The van der Waals surface area contributed by atoms with Gasteiger partial charge in [0.25, 0.3) is 0 Å². The Hall–Kier alpha value is -1.60. The summed E-state index contributed by atoms with van der Waals surface area (Å²) in [6, 6.07) is -0.433. The van der Waals surface area contributed by atoms with Gasteiger partial charge in [-0.05, 0) is 20.8 Å². The van der Waals surface area contributed by atoms with Gasteiger partial charge in [0.15, 0.2) is 0 Å². The maximum atomic E-state index is 12.1. The molecule has 0 amide bonds. The standard InChI is InChI=1S/C11H16N2O4S/c1-5-6(2)13-18(16,17)10-7(3)9(11(14)15)12-8(10)4/h5-6,12-13H,1H2,2-4H3,(H,14,15). The first-order valence-corrected chi connectivity index (χ1v) is 6.76. The summed E-state index contributed by atoms with van der Waals surface area (Å²) in [6.45, 7) is 8.11. The van der Waals surface area contributed by atoms with Crippen molar-refractivity contribution in [3.8, 4) is 0 Å². The molecular weight excluding hydrogens is 256 g/mol. The van der Waals surface area contributed by atoms with E-state index in [2.05, 4.69) is 16.3 Å². The van der Waals surface area contributed by atoms with Crippen LogP contribution in [0.5, 0.6) is 0 Å². The van der Waals surface area contributed by atoms with Crippen LogP contribution in [0, 0.1) is 13.8 Å². The number of sulfonamides is 1. The molecule has 6 nitrogen and oxygen atoms in total. The number of nitrogens with one attached hydrogen (secondary N) is 2. The first-order valence-electron chi connectivity index (χ1n) is 5.28. The lowest BCUT2D eigenvalue weighted by atomic mass is 10.2. The summed E-state index contributed by atoms with van der Waals surface area (Å²) in [4.78, 5) is 13.5. The summed E-state index contributed by atoms with van der Waals surface area (Å²) in [5.41, 5.74) is 0.386. The molecule has 1 rings (SSSR count). The summed E-state index contributed by atoms with van der Waals surface area (Å²) < 4.78 is 26.6. The maximum Gasteiger partial charge on any atom is 0.352 e. The Morgan fingerprint density at radius 3 is 2.44 bits per heavy atom. The molecule has 7 heteroatoms. The second kappa shape index (κ2) is 4.95. The van der Waals surface area contributed by atoms with Gasteiger partial charge in [-0.25, -0.2) is 17.9 Å². The molecule has 3 N–H and O–H groups in total. The molecule has 0 aliphatic carbocycles. The van der Waals surface area contributed by atoms with Crippen molar-refractivity contribution in [2.75, 3.05) is 0 Å². The van der Waals surface area contributed by atoms with Crippen LogP contribution in [0.4, 0.5) is 0 Å². The molecule has 18 heavy (non-hydrogen) atoms. The Balaban J connectivity index is 3.33. The Morgan fingerprint density at radius 1 is 1.50 bits per heavy atom. The third kappa shape index (κ3) is 2.62. The fourth-order valence-electron chi connectivity index (χ4n) is 1.70. The fourth-order valence-corrected chi connectivity index (χ4v) is 3.36. The van der Waals surface area contributed by atoms with E-state index in [1.165, 1.54) is 19.9 Å². The minimum atomic E-state index is -3.76. The first-order chi connectivity index (χ1) is 8.20. The van der Waals surface area contributed by atoms with Crippen molar-refractivity contribution in [1.29, 1.82) is 0 Å². The van der Waals surface area contributed by atoms with E-state index in [1.54, 1.807) is 6.92 Å². The Morgan fingerprint density at radius 2 is 2.06 bits per heavy atom. The van der Waals surface area contributed by atoms with E-state index in [-0.39, 0.29) is 16.2 Å². The molecule has 100 valence electrons. The van der Waals surface area contributed by atoms with Crippen molar-refractivity contribution in [1.82, 2.24) is 9.71 Å². The molecule has 0 aromatic carbocycles. The number of carboxylic acid groups (broad SMARTS) is 1. The van der Waals surface area contributed by atoms with Crippen molar-refractivity contribution in [3.63, 3.8) is 0 Å². The molecule has 0 radical (unpaired) electrons. The Labute approximate surface area is 106 Å². The van der Waals surface area contributed by atoms with E-state index in [0.717, 1.165) is 0 Å². The zero-order valence-electron chi connectivity index (χ0n) is 10.4. The number of hydrogen-bond acceptors (Lipinski definition) is 3. The van der Waals surface area contributed by atoms with Gasteiger partial charge < -0.3 is 10.1 Å². The lowest BCUT2D eigenvalue weighted by Crippen LogP contribution is -2.31. The quantitative estimate of drug-likeness (QED) is 0.701. The molecule has 0 aliphatic rings. The molecule has 1 aromatic rings. The van der Waals surface area contributed by atoms with E-state index in [1.807, 2.05) is 0 Å².